The predicted octanol–water partition coefficient (Wildman–Crippen LogP) is 1.76. The second-order valence-corrected chi connectivity index (χ2v) is 2.87. The molecule has 0 aliphatic heterocycles. The van der Waals surface area contributed by atoms with E-state index in [0.29, 0.717) is 19.8 Å². The van der Waals surface area contributed by atoms with Gasteiger partial charge in [-0.05, 0) is 17.7 Å². The number of halogens is 2. The Morgan fingerprint density at radius 2 is 2.13 bits per heavy atom. The maximum atomic E-state index is 11.9. The van der Waals surface area contributed by atoms with E-state index in [1.54, 1.807) is 12.1 Å². The Morgan fingerprint density at radius 3 is 2.80 bits per heavy atom. The molecule has 0 saturated carbocycles. The van der Waals surface area contributed by atoms with Crippen molar-refractivity contribution in [1.82, 2.24) is 0 Å². The first kappa shape index (κ1) is 11.9. The van der Waals surface area contributed by atoms with Crippen molar-refractivity contribution in [2.75, 3.05) is 13.2 Å². The van der Waals surface area contributed by atoms with Crippen LogP contribution < -0.4 is 10.5 Å². The number of alkyl halides is 2. The van der Waals surface area contributed by atoms with Crippen molar-refractivity contribution in [2.45, 2.75) is 13.2 Å². The van der Waals surface area contributed by atoms with Crippen LogP contribution in [0.2, 0.25) is 0 Å². The normalized spacial score (nSPS) is 10.7. The van der Waals surface area contributed by atoms with Gasteiger partial charge in [0.1, 0.15) is 5.75 Å². The Kier molecular flexibility index (Phi) is 5.00. The summed E-state index contributed by atoms with van der Waals surface area (Å²) in [4.78, 5) is 0. The maximum absolute atomic E-state index is 11.9. The summed E-state index contributed by atoms with van der Waals surface area (Å²) >= 11 is 0. The average molecular weight is 217 g/mol. The molecule has 3 nitrogen and oxygen atoms in total. The van der Waals surface area contributed by atoms with Gasteiger partial charge in [0.2, 0.25) is 0 Å². The Balaban J connectivity index is 2.50. The molecule has 0 amide bonds. The van der Waals surface area contributed by atoms with Crippen LogP contribution in [0.5, 0.6) is 5.75 Å². The highest BCUT2D eigenvalue weighted by atomic mass is 19.3. The minimum atomic E-state index is -2.80. The Labute approximate surface area is 86.8 Å². The molecule has 2 N–H and O–H groups in total. The van der Waals surface area contributed by atoms with E-state index >= 15 is 0 Å². The molecule has 5 heteroatoms. The quantitative estimate of drug-likeness (QED) is 0.738. The van der Waals surface area contributed by atoms with Gasteiger partial charge in [0.15, 0.2) is 0 Å². The summed E-state index contributed by atoms with van der Waals surface area (Å²) < 4.78 is 33.2. The minimum absolute atomic E-state index is 0.138. The van der Waals surface area contributed by atoms with Gasteiger partial charge in [-0.25, -0.2) is 0 Å². The molecule has 0 radical (unpaired) electrons. The summed E-state index contributed by atoms with van der Waals surface area (Å²) in [6.07, 6.45) is 0. The summed E-state index contributed by atoms with van der Waals surface area (Å²) in [5, 5.41) is 0. The van der Waals surface area contributed by atoms with Crippen molar-refractivity contribution in [2.24, 2.45) is 5.73 Å². The van der Waals surface area contributed by atoms with Crippen LogP contribution in [0.3, 0.4) is 0 Å². The van der Waals surface area contributed by atoms with E-state index in [1.165, 1.54) is 12.1 Å². The standard InChI is InChI=1S/C10H13F2NO2/c11-10(12)15-9-3-1-2-8(6-9)7-14-5-4-13/h1-3,6,10H,4-5,7,13H2. The first-order valence-corrected chi connectivity index (χ1v) is 4.54. The van der Waals surface area contributed by atoms with Crippen molar-refractivity contribution in [3.8, 4) is 5.75 Å². The number of nitrogens with two attached hydrogens (primary N) is 1. The Bertz CT molecular complexity index is 295. The first-order valence-electron chi connectivity index (χ1n) is 4.54. The van der Waals surface area contributed by atoms with E-state index in [-0.39, 0.29) is 5.75 Å². The highest BCUT2D eigenvalue weighted by molar-refractivity contribution is 5.28. The molecule has 0 bridgehead atoms. The fourth-order valence-electron chi connectivity index (χ4n) is 1.08. The molecule has 1 aromatic rings. The van der Waals surface area contributed by atoms with E-state index in [9.17, 15) is 8.78 Å². The van der Waals surface area contributed by atoms with Gasteiger partial charge in [-0.15, -0.1) is 0 Å². The van der Waals surface area contributed by atoms with E-state index in [0.717, 1.165) is 5.56 Å². The number of hydrogen-bond acceptors (Lipinski definition) is 3. The molecule has 0 aliphatic carbocycles. The first-order chi connectivity index (χ1) is 7.22. The molecule has 1 rings (SSSR count). The Morgan fingerprint density at radius 1 is 1.33 bits per heavy atom. The highest BCUT2D eigenvalue weighted by Crippen LogP contribution is 2.16. The van der Waals surface area contributed by atoms with Crippen LogP contribution in [0, 0.1) is 0 Å². The topological polar surface area (TPSA) is 44.5 Å². The van der Waals surface area contributed by atoms with Gasteiger partial charge >= 0.3 is 6.61 Å². The van der Waals surface area contributed by atoms with Crippen LogP contribution in [0.15, 0.2) is 24.3 Å². The summed E-state index contributed by atoms with van der Waals surface area (Å²) in [7, 11) is 0. The molecule has 15 heavy (non-hydrogen) atoms. The predicted molar refractivity (Wildman–Crippen MR) is 51.8 cm³/mol. The van der Waals surface area contributed by atoms with E-state index < -0.39 is 6.61 Å². The van der Waals surface area contributed by atoms with Gasteiger partial charge in [-0.3, -0.25) is 0 Å². The molecule has 0 aliphatic rings. The average Bonchev–Trinajstić information content (AvgIpc) is 2.18. The van der Waals surface area contributed by atoms with Crippen molar-refractivity contribution < 1.29 is 18.3 Å². The lowest BCUT2D eigenvalue weighted by atomic mass is 10.2. The lowest BCUT2D eigenvalue weighted by molar-refractivity contribution is -0.0499. The monoisotopic (exact) mass is 217 g/mol. The smallest absolute Gasteiger partial charge is 0.387 e. The molecule has 0 heterocycles. The zero-order valence-corrected chi connectivity index (χ0v) is 8.16. The molecule has 0 aromatic heterocycles. The third-order valence-electron chi connectivity index (χ3n) is 1.65. The number of hydrogen-bond donors (Lipinski definition) is 1. The molecule has 0 fully saturated rings. The summed E-state index contributed by atoms with van der Waals surface area (Å²) in [5.74, 6) is 0.138. The second-order valence-electron chi connectivity index (χ2n) is 2.87. The van der Waals surface area contributed by atoms with Crippen molar-refractivity contribution in [3.05, 3.63) is 29.8 Å². The fourth-order valence-corrected chi connectivity index (χ4v) is 1.08. The van der Waals surface area contributed by atoms with Crippen molar-refractivity contribution >= 4 is 0 Å². The van der Waals surface area contributed by atoms with Crippen LogP contribution in [-0.2, 0) is 11.3 Å². The lowest BCUT2D eigenvalue weighted by Crippen LogP contribution is -2.08. The van der Waals surface area contributed by atoms with Crippen molar-refractivity contribution in [3.63, 3.8) is 0 Å². The molecular formula is C10H13F2NO2. The van der Waals surface area contributed by atoms with Crippen LogP contribution in [-0.4, -0.2) is 19.8 Å². The molecule has 84 valence electrons. The largest absolute Gasteiger partial charge is 0.435 e. The van der Waals surface area contributed by atoms with Crippen LogP contribution in [0.1, 0.15) is 5.56 Å². The van der Waals surface area contributed by atoms with Crippen LogP contribution >= 0.6 is 0 Å². The fraction of sp³-hybridized carbons (Fsp3) is 0.400. The van der Waals surface area contributed by atoms with Crippen LogP contribution in [0.25, 0.3) is 0 Å². The van der Waals surface area contributed by atoms with Crippen LogP contribution in [0.4, 0.5) is 8.78 Å². The third-order valence-corrected chi connectivity index (χ3v) is 1.65. The summed E-state index contributed by atoms with van der Waals surface area (Å²) in [5.41, 5.74) is 6.02. The van der Waals surface area contributed by atoms with Gasteiger partial charge in [0.25, 0.3) is 0 Å². The van der Waals surface area contributed by atoms with E-state index in [2.05, 4.69) is 4.74 Å². The van der Waals surface area contributed by atoms with Crippen molar-refractivity contribution in [1.29, 1.82) is 0 Å². The summed E-state index contributed by atoms with van der Waals surface area (Å²) in [6.45, 7) is -1.57. The minimum Gasteiger partial charge on any atom is -0.435 e. The highest BCUT2D eigenvalue weighted by Gasteiger charge is 2.04. The molecule has 0 unspecified atom stereocenters. The summed E-state index contributed by atoms with van der Waals surface area (Å²) in [6, 6.07) is 6.40. The van der Waals surface area contributed by atoms with Gasteiger partial charge in [0.05, 0.1) is 13.2 Å². The zero-order valence-electron chi connectivity index (χ0n) is 8.16. The van der Waals surface area contributed by atoms with Gasteiger partial charge in [0, 0.05) is 6.54 Å². The SMILES string of the molecule is NCCOCc1cccc(OC(F)F)c1. The maximum Gasteiger partial charge on any atom is 0.387 e. The van der Waals surface area contributed by atoms with Gasteiger partial charge in [-0.2, -0.15) is 8.78 Å². The number of rotatable bonds is 6. The second kappa shape index (κ2) is 6.31. The van der Waals surface area contributed by atoms with Gasteiger partial charge < -0.3 is 15.2 Å². The van der Waals surface area contributed by atoms with E-state index in [4.69, 9.17) is 10.5 Å². The number of ether oxygens (including phenoxy) is 2. The molecule has 0 atom stereocenters. The Hall–Kier alpha value is -1.20. The van der Waals surface area contributed by atoms with Gasteiger partial charge in [-0.1, -0.05) is 12.1 Å². The van der Waals surface area contributed by atoms with E-state index in [1.807, 2.05) is 0 Å². The molecule has 0 spiro atoms. The zero-order chi connectivity index (χ0) is 11.1. The third kappa shape index (κ3) is 4.71. The lowest BCUT2D eigenvalue weighted by Gasteiger charge is -2.07. The molecule has 0 saturated heterocycles. The molecular weight excluding hydrogens is 204 g/mol. The molecule has 1 aromatic carbocycles. The number of benzene rings is 1.